The third-order valence-electron chi connectivity index (χ3n) is 11.6. The highest BCUT2D eigenvalue weighted by atomic mass is 32.2. The summed E-state index contributed by atoms with van der Waals surface area (Å²) in [6.07, 6.45) is 2.39. The molecular formula is C39H53N3O12S2. The van der Waals surface area contributed by atoms with Gasteiger partial charge >= 0.3 is 16.3 Å². The molecule has 17 heteroatoms. The highest BCUT2D eigenvalue weighted by Crippen LogP contribution is 2.58. The Hall–Kier alpha value is -3.83. The molecule has 2 aliphatic carbocycles. The zero-order valence-electron chi connectivity index (χ0n) is 32.9. The number of pyridine rings is 1. The topological polar surface area (TPSA) is 202 Å². The second-order valence-electron chi connectivity index (χ2n) is 17.1. The van der Waals surface area contributed by atoms with Gasteiger partial charge in [0, 0.05) is 24.4 Å². The molecule has 15 nitrogen and oxygen atoms in total. The average molecular weight is 820 g/mol. The van der Waals surface area contributed by atoms with Gasteiger partial charge in [0.15, 0.2) is 5.78 Å². The van der Waals surface area contributed by atoms with Gasteiger partial charge in [-0.05, 0) is 101 Å². The van der Waals surface area contributed by atoms with Crippen LogP contribution in [-0.4, -0.2) is 98.8 Å². The Bertz CT molecular complexity index is 2080. The monoisotopic (exact) mass is 819 g/mol. The van der Waals surface area contributed by atoms with Crippen LogP contribution in [0.5, 0.6) is 11.6 Å². The van der Waals surface area contributed by atoms with Crippen LogP contribution in [0.1, 0.15) is 92.4 Å². The van der Waals surface area contributed by atoms with Crippen molar-refractivity contribution in [3.63, 3.8) is 0 Å². The van der Waals surface area contributed by atoms with E-state index in [0.717, 1.165) is 5.39 Å². The quantitative estimate of drug-likeness (QED) is 0.252. The summed E-state index contributed by atoms with van der Waals surface area (Å²) < 4.78 is 75.2. The molecule has 4 aliphatic rings. The number of carbonyl (C=O) groups excluding carboxylic acids is 4. The number of sulfone groups is 1. The number of methoxy groups -OCH3 is 1. The van der Waals surface area contributed by atoms with Crippen molar-refractivity contribution in [1.29, 1.82) is 0 Å². The van der Waals surface area contributed by atoms with Crippen molar-refractivity contribution in [2.24, 2.45) is 23.2 Å². The Morgan fingerprint density at radius 2 is 1.79 bits per heavy atom. The maximum Gasteiger partial charge on any atom is 0.362 e. The first-order valence-electron chi connectivity index (χ1n) is 19.3. The highest BCUT2D eigenvalue weighted by molar-refractivity contribution is 7.91. The molecule has 1 N–H and O–H groups in total. The summed E-state index contributed by atoms with van der Waals surface area (Å²) in [5, 5.41) is 1.47. The number of nitrogens with zero attached hydrogens (tertiary/aromatic N) is 2. The van der Waals surface area contributed by atoms with E-state index >= 15 is 0 Å². The van der Waals surface area contributed by atoms with Crippen LogP contribution in [0, 0.1) is 23.2 Å². The number of Topliss-reactive ketones (excluding diaryl/α,β-unsaturated/α-hetero) is 1. The molecule has 0 spiro atoms. The Kier molecular flexibility index (Phi) is 11.6. The van der Waals surface area contributed by atoms with E-state index in [0.29, 0.717) is 30.4 Å². The number of hydrogen-bond donors (Lipinski definition) is 1. The van der Waals surface area contributed by atoms with E-state index in [1.54, 1.807) is 59.2 Å². The first-order chi connectivity index (χ1) is 26.2. The standard InChI is InChI=1S/C39H53N3O12S2/c1-7-26-21-39(26,36(46)41-56(49,50)54-38(5)13-14-38)22-32(43)31-19-28(52-34-29-9-8-27(51-6)18-25(29)10-15-40-34)23-42(31)35(45)30(20-33(44)53-37(2,3)4)24-11-16-55(47,48)17-12-24/h8-10,15,18,24,26,28,30-31H,7,11-14,16-17,19-23H2,1-6H3,(H,41,46)/t26-,28-,30+,31+,39-/m1/s1. The number of ether oxygens (including phenoxy) is 3. The average Bonchev–Trinajstić information content (AvgIpc) is 3.98. The molecule has 6 rings (SSSR count). The van der Waals surface area contributed by atoms with Crippen LogP contribution in [-0.2, 0) is 48.2 Å². The predicted molar refractivity (Wildman–Crippen MR) is 204 cm³/mol. The molecule has 4 fully saturated rings. The van der Waals surface area contributed by atoms with Crippen LogP contribution in [0.3, 0.4) is 0 Å². The lowest BCUT2D eigenvalue weighted by atomic mass is 9.83. The van der Waals surface area contributed by atoms with E-state index in [9.17, 15) is 36.0 Å². The fourth-order valence-electron chi connectivity index (χ4n) is 8.16. The Labute approximate surface area is 328 Å². The molecule has 5 atom stereocenters. The number of fused-ring (bicyclic) bond motifs is 1. The van der Waals surface area contributed by atoms with Crippen molar-refractivity contribution in [2.45, 2.75) is 116 Å². The van der Waals surface area contributed by atoms with Gasteiger partial charge in [0.1, 0.15) is 27.3 Å². The molecule has 2 saturated heterocycles. The maximum atomic E-state index is 14.8. The summed E-state index contributed by atoms with van der Waals surface area (Å²) in [5.74, 6) is -3.55. The van der Waals surface area contributed by atoms with E-state index in [-0.39, 0.29) is 68.4 Å². The summed E-state index contributed by atoms with van der Waals surface area (Å²) >= 11 is 0. The summed E-state index contributed by atoms with van der Waals surface area (Å²) in [5.41, 5.74) is -3.04. The summed E-state index contributed by atoms with van der Waals surface area (Å²) in [6.45, 7) is 8.56. The van der Waals surface area contributed by atoms with Crippen LogP contribution in [0.25, 0.3) is 10.8 Å². The number of rotatable bonds is 15. The first kappa shape index (κ1) is 41.8. The van der Waals surface area contributed by atoms with Crippen LogP contribution < -0.4 is 14.2 Å². The van der Waals surface area contributed by atoms with Gasteiger partial charge < -0.3 is 19.1 Å². The first-order valence-corrected chi connectivity index (χ1v) is 22.5. The normalized spacial score (nSPS) is 26.2. The molecule has 3 heterocycles. The molecule has 308 valence electrons. The van der Waals surface area contributed by atoms with Crippen molar-refractivity contribution < 1.29 is 54.4 Å². The number of aromatic nitrogens is 1. The molecule has 2 amide bonds. The number of amides is 2. The summed E-state index contributed by atoms with van der Waals surface area (Å²) in [7, 11) is -6.20. The van der Waals surface area contributed by atoms with Crippen LogP contribution in [0.2, 0.25) is 0 Å². The predicted octanol–water partition coefficient (Wildman–Crippen LogP) is 4.07. The van der Waals surface area contributed by atoms with E-state index in [4.69, 9.17) is 18.4 Å². The summed E-state index contributed by atoms with van der Waals surface area (Å²) in [6, 6.07) is 6.09. The van der Waals surface area contributed by atoms with Gasteiger partial charge in [0.05, 0.1) is 54.6 Å². The van der Waals surface area contributed by atoms with Crippen molar-refractivity contribution in [2.75, 3.05) is 25.2 Å². The largest absolute Gasteiger partial charge is 0.497 e. The number of hydrogen-bond acceptors (Lipinski definition) is 13. The number of ketones is 1. The lowest BCUT2D eigenvalue weighted by Gasteiger charge is -2.34. The number of likely N-dealkylation sites (tertiary alicyclic amines) is 1. The zero-order valence-corrected chi connectivity index (χ0v) is 34.5. The molecule has 0 bridgehead atoms. The van der Waals surface area contributed by atoms with Crippen molar-refractivity contribution in [3.05, 3.63) is 30.5 Å². The molecule has 0 unspecified atom stereocenters. The second-order valence-corrected chi connectivity index (χ2v) is 20.7. The third-order valence-corrected chi connectivity index (χ3v) is 14.3. The van der Waals surface area contributed by atoms with Crippen LogP contribution in [0.15, 0.2) is 30.5 Å². The molecule has 2 aliphatic heterocycles. The minimum Gasteiger partial charge on any atom is -0.497 e. The fourth-order valence-corrected chi connectivity index (χ4v) is 10.9. The molecular weight excluding hydrogens is 767 g/mol. The third kappa shape index (κ3) is 9.64. The van der Waals surface area contributed by atoms with Gasteiger partial charge in [-0.1, -0.05) is 13.3 Å². The van der Waals surface area contributed by atoms with Gasteiger partial charge in [0.2, 0.25) is 17.7 Å². The SMILES string of the molecule is CC[C@@H]1C[C@]1(CC(=O)[C@@H]1C[C@@H](Oc2nccc3cc(OC)ccc23)CN1C(=O)[C@@H](CC(=O)OC(C)(C)C)C1CCS(=O)(=O)CC1)C(=O)NS(=O)(=O)OC1(C)CC1. The van der Waals surface area contributed by atoms with E-state index < -0.39 is 84.3 Å². The minimum atomic E-state index is -4.45. The van der Waals surface area contributed by atoms with Crippen molar-refractivity contribution in [3.8, 4) is 11.6 Å². The fraction of sp³-hybridized carbons (Fsp3) is 0.667. The van der Waals surface area contributed by atoms with Crippen LogP contribution >= 0.6 is 0 Å². The number of esters is 1. The minimum absolute atomic E-state index is 0.0330. The van der Waals surface area contributed by atoms with E-state index in [1.165, 1.54) is 4.90 Å². The number of carbonyl (C=O) groups is 4. The number of nitrogens with one attached hydrogen (secondary N) is 1. The van der Waals surface area contributed by atoms with Gasteiger partial charge in [0.25, 0.3) is 0 Å². The van der Waals surface area contributed by atoms with Gasteiger partial charge in [-0.25, -0.2) is 22.3 Å². The molecule has 0 radical (unpaired) electrons. The molecule has 56 heavy (non-hydrogen) atoms. The summed E-state index contributed by atoms with van der Waals surface area (Å²) in [4.78, 5) is 62.2. The van der Waals surface area contributed by atoms with Gasteiger partial charge in [-0.3, -0.25) is 19.2 Å². The highest BCUT2D eigenvalue weighted by Gasteiger charge is 2.62. The molecule has 2 saturated carbocycles. The molecule has 1 aromatic carbocycles. The van der Waals surface area contributed by atoms with E-state index in [2.05, 4.69) is 9.71 Å². The van der Waals surface area contributed by atoms with E-state index in [1.807, 2.05) is 13.0 Å². The molecule has 2 aromatic rings. The number of benzene rings is 1. The Morgan fingerprint density at radius 3 is 2.39 bits per heavy atom. The lowest BCUT2D eigenvalue weighted by Crippen LogP contribution is -2.48. The van der Waals surface area contributed by atoms with Crippen molar-refractivity contribution in [1.82, 2.24) is 14.6 Å². The zero-order chi connectivity index (χ0) is 40.8. The van der Waals surface area contributed by atoms with Gasteiger partial charge in [-0.2, -0.15) is 8.42 Å². The van der Waals surface area contributed by atoms with Gasteiger partial charge in [-0.15, -0.1) is 0 Å². The van der Waals surface area contributed by atoms with Crippen LogP contribution in [0.4, 0.5) is 0 Å². The second kappa shape index (κ2) is 15.5. The Balaban J connectivity index is 1.30. The lowest BCUT2D eigenvalue weighted by molar-refractivity contribution is -0.160. The molecule has 1 aromatic heterocycles. The Morgan fingerprint density at radius 1 is 1.09 bits per heavy atom. The smallest absolute Gasteiger partial charge is 0.362 e. The van der Waals surface area contributed by atoms with Crippen molar-refractivity contribution >= 4 is 54.5 Å². The maximum absolute atomic E-state index is 14.8.